The van der Waals surface area contributed by atoms with Gasteiger partial charge in [-0.3, -0.25) is 4.90 Å². The van der Waals surface area contributed by atoms with Gasteiger partial charge >= 0.3 is 0 Å². The van der Waals surface area contributed by atoms with E-state index in [1.54, 1.807) is 7.11 Å². The van der Waals surface area contributed by atoms with Crippen molar-refractivity contribution in [3.05, 3.63) is 33.3 Å². The molecule has 0 fully saturated rings. The lowest BCUT2D eigenvalue weighted by molar-refractivity contribution is 0.125. The zero-order valence-corrected chi connectivity index (χ0v) is 13.2. The Bertz CT molecular complexity index is 376. The highest BCUT2D eigenvalue weighted by atomic mass is 79.9. The Balaban J connectivity index is 2.92. The molecule has 0 spiro atoms. The lowest BCUT2D eigenvalue weighted by atomic mass is 10.1. The van der Waals surface area contributed by atoms with Crippen molar-refractivity contribution in [3.63, 3.8) is 0 Å². The minimum absolute atomic E-state index is 0.178. The maximum Gasteiger partial charge on any atom is 0.0589 e. The molecule has 1 aromatic carbocycles. The first kappa shape index (κ1) is 15.9. The molecule has 0 saturated carbocycles. The molecule has 1 unspecified atom stereocenters. The van der Waals surface area contributed by atoms with E-state index in [1.165, 1.54) is 5.56 Å². The molecule has 0 aromatic heterocycles. The van der Waals surface area contributed by atoms with Crippen molar-refractivity contribution in [1.29, 1.82) is 0 Å². The summed E-state index contributed by atoms with van der Waals surface area (Å²) in [7, 11) is 1.71. The highest BCUT2D eigenvalue weighted by Crippen LogP contribution is 2.29. The van der Waals surface area contributed by atoms with Crippen LogP contribution in [-0.2, 0) is 4.74 Å². The molecule has 0 aliphatic rings. The van der Waals surface area contributed by atoms with Gasteiger partial charge in [-0.1, -0.05) is 40.5 Å². The number of ether oxygens (including phenoxy) is 1. The van der Waals surface area contributed by atoms with E-state index >= 15 is 0 Å². The van der Waals surface area contributed by atoms with Gasteiger partial charge in [0.1, 0.15) is 0 Å². The van der Waals surface area contributed by atoms with Crippen LogP contribution in [0.3, 0.4) is 0 Å². The second kappa shape index (κ2) is 8.12. The molecule has 0 bridgehead atoms. The highest BCUT2D eigenvalue weighted by molar-refractivity contribution is 9.10. The van der Waals surface area contributed by atoms with Crippen molar-refractivity contribution in [2.24, 2.45) is 5.73 Å². The van der Waals surface area contributed by atoms with E-state index in [9.17, 15) is 0 Å². The summed E-state index contributed by atoms with van der Waals surface area (Å²) in [4.78, 5) is 2.30. The maximum absolute atomic E-state index is 5.97. The van der Waals surface area contributed by atoms with Gasteiger partial charge in [-0.2, -0.15) is 0 Å². The molecular formula is C13H20BrClN2O. The van der Waals surface area contributed by atoms with E-state index < -0.39 is 0 Å². The fraction of sp³-hybridized carbons (Fsp3) is 0.538. The van der Waals surface area contributed by atoms with Crippen LogP contribution in [-0.4, -0.2) is 38.3 Å². The van der Waals surface area contributed by atoms with Crippen molar-refractivity contribution in [2.45, 2.75) is 13.0 Å². The van der Waals surface area contributed by atoms with Crippen molar-refractivity contribution in [1.82, 2.24) is 4.90 Å². The Kier molecular flexibility index (Phi) is 7.19. The molecule has 102 valence electrons. The Morgan fingerprint density at radius 2 is 2.22 bits per heavy atom. The molecule has 5 heteroatoms. The Morgan fingerprint density at radius 1 is 1.50 bits per heavy atom. The summed E-state index contributed by atoms with van der Waals surface area (Å²) >= 11 is 9.52. The number of halogens is 2. The quantitative estimate of drug-likeness (QED) is 0.832. The van der Waals surface area contributed by atoms with Crippen LogP contribution in [0.25, 0.3) is 0 Å². The number of rotatable bonds is 7. The van der Waals surface area contributed by atoms with E-state index in [2.05, 4.69) is 27.8 Å². The molecule has 2 N–H and O–H groups in total. The largest absolute Gasteiger partial charge is 0.383 e. The maximum atomic E-state index is 5.97. The third kappa shape index (κ3) is 4.21. The van der Waals surface area contributed by atoms with Crippen LogP contribution in [0.5, 0.6) is 0 Å². The minimum atomic E-state index is 0.178. The molecule has 1 rings (SSSR count). The Labute approximate surface area is 122 Å². The number of nitrogens with zero attached hydrogens (tertiary/aromatic N) is 1. The van der Waals surface area contributed by atoms with Gasteiger partial charge in [-0.05, 0) is 24.2 Å². The lowest BCUT2D eigenvalue weighted by Crippen LogP contribution is -2.36. The molecule has 0 aliphatic carbocycles. The molecule has 0 heterocycles. The first-order valence-corrected chi connectivity index (χ1v) is 7.19. The number of benzene rings is 1. The number of hydrogen-bond acceptors (Lipinski definition) is 3. The van der Waals surface area contributed by atoms with Gasteiger partial charge in [0, 0.05) is 35.7 Å². The van der Waals surface area contributed by atoms with E-state index in [1.807, 2.05) is 18.2 Å². The number of nitrogens with two attached hydrogens (primary N) is 1. The van der Waals surface area contributed by atoms with Gasteiger partial charge in [-0.15, -0.1) is 0 Å². The van der Waals surface area contributed by atoms with Gasteiger partial charge in [-0.25, -0.2) is 0 Å². The van der Waals surface area contributed by atoms with E-state index in [0.717, 1.165) is 22.6 Å². The normalized spacial score (nSPS) is 13.0. The topological polar surface area (TPSA) is 38.5 Å². The summed E-state index contributed by atoms with van der Waals surface area (Å²) in [5, 5.41) is 0.723. The zero-order valence-electron chi connectivity index (χ0n) is 10.8. The van der Waals surface area contributed by atoms with Crippen LogP contribution in [0.1, 0.15) is 18.5 Å². The summed E-state index contributed by atoms with van der Waals surface area (Å²) < 4.78 is 6.14. The summed E-state index contributed by atoms with van der Waals surface area (Å²) in [5.74, 6) is 0. The van der Waals surface area contributed by atoms with E-state index in [0.29, 0.717) is 13.2 Å². The van der Waals surface area contributed by atoms with Crippen molar-refractivity contribution in [3.8, 4) is 0 Å². The number of likely N-dealkylation sites (N-methyl/N-ethyl adjacent to an activating group) is 1. The Morgan fingerprint density at radius 3 is 2.72 bits per heavy atom. The summed E-state index contributed by atoms with van der Waals surface area (Å²) in [6.07, 6.45) is 0. The van der Waals surface area contributed by atoms with Gasteiger partial charge in [0.2, 0.25) is 0 Å². The van der Waals surface area contributed by atoms with E-state index in [4.69, 9.17) is 22.1 Å². The fourth-order valence-corrected chi connectivity index (χ4v) is 2.93. The smallest absolute Gasteiger partial charge is 0.0589 e. The number of methoxy groups -OCH3 is 1. The molecule has 18 heavy (non-hydrogen) atoms. The number of hydrogen-bond donors (Lipinski definition) is 1. The van der Waals surface area contributed by atoms with Gasteiger partial charge in [0.25, 0.3) is 0 Å². The average molecular weight is 336 g/mol. The monoisotopic (exact) mass is 334 g/mol. The molecule has 3 nitrogen and oxygen atoms in total. The SMILES string of the molecule is CCN(CCOC)C(CN)c1ccc(Cl)cc1Br. The van der Waals surface area contributed by atoms with Gasteiger partial charge in [0.05, 0.1) is 6.61 Å². The fourth-order valence-electron chi connectivity index (χ4n) is 1.99. The first-order valence-electron chi connectivity index (χ1n) is 6.02. The second-order valence-electron chi connectivity index (χ2n) is 4.04. The van der Waals surface area contributed by atoms with Crippen LogP contribution in [0.2, 0.25) is 5.02 Å². The first-order chi connectivity index (χ1) is 8.63. The van der Waals surface area contributed by atoms with Crippen LogP contribution in [0, 0.1) is 0 Å². The standard InChI is InChI=1S/C13H20BrClN2O/c1-3-17(6-7-18-2)13(9-16)11-5-4-10(15)8-12(11)14/h4-5,8,13H,3,6-7,9,16H2,1-2H3. The summed E-state index contributed by atoms with van der Waals surface area (Å²) in [5.41, 5.74) is 7.09. The third-order valence-electron chi connectivity index (χ3n) is 2.97. The summed E-state index contributed by atoms with van der Waals surface area (Å²) in [6, 6.07) is 6.01. The molecule has 1 aromatic rings. The lowest BCUT2D eigenvalue weighted by Gasteiger charge is -2.30. The van der Waals surface area contributed by atoms with Gasteiger partial charge in [0.15, 0.2) is 0 Å². The molecule has 0 amide bonds. The Hall–Kier alpha value is -0.130. The summed E-state index contributed by atoms with van der Waals surface area (Å²) in [6.45, 7) is 5.19. The van der Waals surface area contributed by atoms with Crippen LogP contribution in [0.15, 0.2) is 22.7 Å². The van der Waals surface area contributed by atoms with Gasteiger partial charge < -0.3 is 10.5 Å². The average Bonchev–Trinajstić information content (AvgIpc) is 2.36. The molecule has 0 radical (unpaired) electrons. The highest BCUT2D eigenvalue weighted by Gasteiger charge is 2.19. The van der Waals surface area contributed by atoms with Crippen LogP contribution >= 0.6 is 27.5 Å². The predicted octanol–water partition coefficient (Wildman–Crippen LogP) is 3.07. The van der Waals surface area contributed by atoms with Crippen LogP contribution in [0.4, 0.5) is 0 Å². The van der Waals surface area contributed by atoms with Crippen LogP contribution < -0.4 is 5.73 Å². The molecule has 1 atom stereocenters. The van der Waals surface area contributed by atoms with Crippen molar-refractivity contribution >= 4 is 27.5 Å². The van der Waals surface area contributed by atoms with Crippen molar-refractivity contribution < 1.29 is 4.74 Å². The molecular weight excluding hydrogens is 316 g/mol. The zero-order chi connectivity index (χ0) is 13.5. The minimum Gasteiger partial charge on any atom is -0.383 e. The molecule has 0 aliphatic heterocycles. The molecule has 0 saturated heterocycles. The third-order valence-corrected chi connectivity index (χ3v) is 3.90. The van der Waals surface area contributed by atoms with Crippen molar-refractivity contribution in [2.75, 3.05) is 33.4 Å². The van der Waals surface area contributed by atoms with E-state index in [-0.39, 0.29) is 6.04 Å². The predicted molar refractivity (Wildman–Crippen MR) is 80.1 cm³/mol. The second-order valence-corrected chi connectivity index (χ2v) is 5.33.